The number of nitrogens with zero attached hydrogens (tertiary/aromatic N) is 3. The summed E-state index contributed by atoms with van der Waals surface area (Å²) in [4.78, 5) is 16.8. The Kier molecular flexibility index (Phi) is 5.54. The number of pyridine rings is 1. The molecule has 0 spiro atoms. The van der Waals surface area contributed by atoms with Crippen molar-refractivity contribution in [2.45, 2.75) is 27.7 Å². The van der Waals surface area contributed by atoms with Crippen LogP contribution in [0.25, 0.3) is 0 Å². The first-order valence-electron chi connectivity index (χ1n) is 6.37. The van der Waals surface area contributed by atoms with Crippen molar-refractivity contribution in [3.63, 3.8) is 0 Å². The number of aromatic nitrogens is 1. The Bertz CT molecular complexity index is 440. The van der Waals surface area contributed by atoms with Crippen molar-refractivity contribution in [2.24, 2.45) is 11.8 Å². The first-order chi connectivity index (χ1) is 8.81. The van der Waals surface area contributed by atoms with Crippen molar-refractivity contribution >= 4 is 23.1 Å². The summed E-state index contributed by atoms with van der Waals surface area (Å²) in [7, 11) is 0. The first kappa shape index (κ1) is 15.7. The maximum Gasteiger partial charge on any atom is 0.311 e. The van der Waals surface area contributed by atoms with E-state index in [0.717, 1.165) is 0 Å². The first-order valence-corrected chi connectivity index (χ1v) is 6.75. The average Bonchev–Trinajstić information content (AvgIpc) is 2.26. The van der Waals surface area contributed by atoms with Gasteiger partial charge in [0.05, 0.1) is 4.92 Å². The van der Waals surface area contributed by atoms with Gasteiger partial charge in [-0.2, -0.15) is 0 Å². The molecule has 1 heterocycles. The van der Waals surface area contributed by atoms with Crippen molar-refractivity contribution in [1.29, 1.82) is 0 Å². The van der Waals surface area contributed by atoms with Crippen LogP contribution in [0.1, 0.15) is 27.7 Å². The van der Waals surface area contributed by atoms with E-state index >= 15 is 0 Å². The van der Waals surface area contributed by atoms with Gasteiger partial charge in [-0.1, -0.05) is 39.3 Å². The van der Waals surface area contributed by atoms with Crippen LogP contribution in [-0.4, -0.2) is 23.0 Å². The summed E-state index contributed by atoms with van der Waals surface area (Å²) < 4.78 is 0. The maximum absolute atomic E-state index is 11.1. The van der Waals surface area contributed by atoms with Crippen LogP contribution in [0, 0.1) is 22.0 Å². The van der Waals surface area contributed by atoms with Crippen LogP contribution in [0.15, 0.2) is 12.1 Å². The summed E-state index contributed by atoms with van der Waals surface area (Å²) in [6.45, 7) is 9.72. The van der Waals surface area contributed by atoms with E-state index in [1.165, 1.54) is 12.1 Å². The molecule has 0 atom stereocenters. The number of rotatable bonds is 6. The number of hydrogen-bond acceptors (Lipinski definition) is 4. The highest BCUT2D eigenvalue weighted by Crippen LogP contribution is 2.28. The van der Waals surface area contributed by atoms with Crippen LogP contribution < -0.4 is 4.90 Å². The lowest BCUT2D eigenvalue weighted by Gasteiger charge is -2.27. The van der Waals surface area contributed by atoms with Crippen molar-refractivity contribution in [2.75, 3.05) is 18.0 Å². The molecule has 6 heteroatoms. The normalized spacial score (nSPS) is 11.1. The third-order valence-electron chi connectivity index (χ3n) is 2.49. The van der Waals surface area contributed by atoms with Gasteiger partial charge in [-0.25, -0.2) is 4.98 Å². The van der Waals surface area contributed by atoms with Crippen LogP contribution in [0.4, 0.5) is 11.5 Å². The minimum absolute atomic E-state index is 0.00528. The van der Waals surface area contributed by atoms with E-state index in [1.807, 2.05) is 4.90 Å². The van der Waals surface area contributed by atoms with Crippen molar-refractivity contribution < 1.29 is 4.92 Å². The van der Waals surface area contributed by atoms with Gasteiger partial charge in [0.2, 0.25) is 5.82 Å². The summed E-state index contributed by atoms with van der Waals surface area (Å²) in [5.41, 5.74) is 0.00528. The van der Waals surface area contributed by atoms with Crippen LogP contribution in [0.3, 0.4) is 0 Å². The molecule has 1 aromatic rings. The molecule has 0 bridgehead atoms. The van der Waals surface area contributed by atoms with E-state index in [4.69, 9.17) is 11.6 Å². The lowest BCUT2D eigenvalue weighted by atomic mass is 10.1. The summed E-state index contributed by atoms with van der Waals surface area (Å²) in [5.74, 6) is 1.14. The fraction of sp³-hybridized carbons (Fsp3) is 0.615. The van der Waals surface area contributed by atoms with Gasteiger partial charge in [-0.15, -0.1) is 0 Å². The van der Waals surface area contributed by atoms with Crippen LogP contribution in [0.2, 0.25) is 5.15 Å². The lowest BCUT2D eigenvalue weighted by molar-refractivity contribution is -0.384. The molecule has 0 unspecified atom stereocenters. The zero-order valence-electron chi connectivity index (χ0n) is 11.8. The van der Waals surface area contributed by atoms with Crippen LogP contribution >= 0.6 is 11.6 Å². The Labute approximate surface area is 118 Å². The molecule has 0 aliphatic rings. The third kappa shape index (κ3) is 4.67. The molecule has 0 saturated carbocycles. The predicted molar refractivity (Wildman–Crippen MR) is 77.8 cm³/mol. The van der Waals surface area contributed by atoms with Crippen LogP contribution in [-0.2, 0) is 0 Å². The molecule has 0 amide bonds. The highest BCUT2D eigenvalue weighted by Gasteiger charge is 2.22. The second-order valence-corrected chi connectivity index (χ2v) is 5.81. The molecular weight excluding hydrogens is 266 g/mol. The van der Waals surface area contributed by atoms with Gasteiger partial charge in [0.1, 0.15) is 5.15 Å². The summed E-state index contributed by atoms with van der Waals surface area (Å²) in [6, 6.07) is 2.87. The van der Waals surface area contributed by atoms with Crippen molar-refractivity contribution in [3.8, 4) is 0 Å². The van der Waals surface area contributed by atoms with Crippen LogP contribution in [0.5, 0.6) is 0 Å². The minimum atomic E-state index is -0.410. The van der Waals surface area contributed by atoms with E-state index in [0.29, 0.717) is 30.7 Å². The number of anilines is 1. The van der Waals surface area contributed by atoms with E-state index in [-0.39, 0.29) is 10.8 Å². The van der Waals surface area contributed by atoms with E-state index in [9.17, 15) is 10.1 Å². The van der Waals surface area contributed by atoms with E-state index in [1.54, 1.807) is 0 Å². The Morgan fingerprint density at radius 2 is 1.79 bits per heavy atom. The Morgan fingerprint density at radius 1 is 1.26 bits per heavy atom. The highest BCUT2D eigenvalue weighted by atomic mass is 35.5. The standard InChI is InChI=1S/C13H20ClN3O2/c1-9(2)7-16(8-10(3)4)13-11(17(18)19)5-6-12(14)15-13/h5-6,9-10H,7-8H2,1-4H3. The van der Waals surface area contributed by atoms with Crippen molar-refractivity contribution in [1.82, 2.24) is 4.98 Å². The van der Waals surface area contributed by atoms with Crippen molar-refractivity contribution in [3.05, 3.63) is 27.4 Å². The van der Waals surface area contributed by atoms with Gasteiger partial charge >= 0.3 is 5.69 Å². The number of halogens is 1. The fourth-order valence-electron chi connectivity index (χ4n) is 1.92. The molecule has 0 aliphatic carbocycles. The smallest absolute Gasteiger partial charge is 0.311 e. The van der Waals surface area contributed by atoms with Gasteiger partial charge in [0.25, 0.3) is 0 Å². The molecule has 106 valence electrons. The third-order valence-corrected chi connectivity index (χ3v) is 2.70. The molecule has 1 rings (SSSR count). The van der Waals surface area contributed by atoms with Gasteiger partial charge in [-0.3, -0.25) is 10.1 Å². The number of nitro groups is 1. The fourth-order valence-corrected chi connectivity index (χ4v) is 2.07. The van der Waals surface area contributed by atoms with E-state index < -0.39 is 4.92 Å². The topological polar surface area (TPSA) is 59.3 Å². The molecule has 0 aliphatic heterocycles. The zero-order chi connectivity index (χ0) is 14.6. The van der Waals surface area contributed by atoms with E-state index in [2.05, 4.69) is 32.7 Å². The molecule has 5 nitrogen and oxygen atoms in total. The SMILES string of the molecule is CC(C)CN(CC(C)C)c1nc(Cl)ccc1[N+](=O)[O-]. The van der Waals surface area contributed by atoms with Gasteiger partial charge < -0.3 is 4.90 Å². The summed E-state index contributed by atoms with van der Waals surface area (Å²) in [6.07, 6.45) is 0. The average molecular weight is 286 g/mol. The molecule has 0 N–H and O–H groups in total. The largest absolute Gasteiger partial charge is 0.350 e. The van der Waals surface area contributed by atoms with Gasteiger partial charge in [0.15, 0.2) is 0 Å². The molecule has 19 heavy (non-hydrogen) atoms. The molecule has 0 saturated heterocycles. The summed E-state index contributed by atoms with van der Waals surface area (Å²) in [5, 5.41) is 11.4. The van der Waals surface area contributed by atoms with Gasteiger partial charge in [0, 0.05) is 19.2 Å². The Balaban J connectivity index is 3.18. The highest BCUT2D eigenvalue weighted by molar-refractivity contribution is 6.29. The Morgan fingerprint density at radius 3 is 2.21 bits per heavy atom. The second-order valence-electron chi connectivity index (χ2n) is 5.43. The maximum atomic E-state index is 11.1. The molecule has 0 fully saturated rings. The summed E-state index contributed by atoms with van der Waals surface area (Å²) >= 11 is 5.88. The molecule has 0 aromatic carbocycles. The predicted octanol–water partition coefficient (Wildman–Crippen LogP) is 3.76. The van der Waals surface area contributed by atoms with Gasteiger partial charge in [-0.05, 0) is 17.9 Å². The zero-order valence-corrected chi connectivity index (χ0v) is 12.5. The molecular formula is C13H20ClN3O2. The quantitative estimate of drug-likeness (QED) is 0.453. The number of hydrogen-bond donors (Lipinski definition) is 0. The monoisotopic (exact) mass is 285 g/mol. The Hall–Kier alpha value is -1.36. The molecule has 0 radical (unpaired) electrons. The second kappa shape index (κ2) is 6.70. The molecule has 1 aromatic heterocycles. The minimum Gasteiger partial charge on any atom is -0.350 e. The lowest BCUT2D eigenvalue weighted by Crippen LogP contribution is -2.32.